The highest BCUT2D eigenvalue weighted by Gasteiger charge is 2.28. The molecule has 1 aromatic carbocycles. The number of ether oxygens (including phenoxy) is 1. The van der Waals surface area contributed by atoms with E-state index in [-0.39, 0.29) is 18.1 Å². The van der Waals surface area contributed by atoms with Crippen molar-refractivity contribution in [1.29, 1.82) is 0 Å². The number of morpholine rings is 1. The lowest BCUT2D eigenvalue weighted by Gasteiger charge is -2.36. The lowest BCUT2D eigenvalue weighted by atomic mass is 10.1. The first-order valence-corrected chi connectivity index (χ1v) is 6.91. The van der Waals surface area contributed by atoms with Crippen molar-refractivity contribution in [3.05, 3.63) is 41.5 Å². The van der Waals surface area contributed by atoms with Crippen LogP contribution in [0.15, 0.2) is 30.3 Å². The fourth-order valence-corrected chi connectivity index (χ4v) is 2.29. The molecule has 5 nitrogen and oxygen atoms in total. The molecule has 112 valence electrons. The van der Waals surface area contributed by atoms with Crippen LogP contribution >= 0.6 is 0 Å². The van der Waals surface area contributed by atoms with Gasteiger partial charge in [-0.2, -0.15) is 0 Å². The molecular weight excluding hydrogens is 270 g/mol. The first-order chi connectivity index (χ1) is 9.97. The lowest BCUT2D eigenvalue weighted by Crippen LogP contribution is -2.50. The third-order valence-electron chi connectivity index (χ3n) is 3.42. The topological polar surface area (TPSA) is 66.8 Å². The maximum absolute atomic E-state index is 12.6. The molecule has 0 aliphatic carbocycles. The second kappa shape index (κ2) is 6.54. The van der Waals surface area contributed by atoms with E-state index in [1.165, 1.54) is 6.08 Å². The molecule has 0 spiro atoms. The summed E-state index contributed by atoms with van der Waals surface area (Å²) in [4.78, 5) is 24.9. The molecule has 1 N–H and O–H groups in total. The van der Waals surface area contributed by atoms with Gasteiger partial charge in [0.1, 0.15) is 0 Å². The largest absolute Gasteiger partial charge is 0.478 e. The van der Waals surface area contributed by atoms with E-state index in [4.69, 9.17) is 9.84 Å². The molecule has 1 aliphatic rings. The van der Waals surface area contributed by atoms with E-state index in [1.54, 1.807) is 29.2 Å². The Hall–Kier alpha value is -2.14. The van der Waals surface area contributed by atoms with Crippen LogP contribution in [0.2, 0.25) is 0 Å². The average molecular weight is 289 g/mol. The number of amides is 1. The molecule has 0 bridgehead atoms. The molecule has 2 unspecified atom stereocenters. The van der Waals surface area contributed by atoms with E-state index >= 15 is 0 Å². The number of nitrogens with zero attached hydrogens (tertiary/aromatic N) is 1. The van der Waals surface area contributed by atoms with Gasteiger partial charge >= 0.3 is 5.97 Å². The van der Waals surface area contributed by atoms with E-state index in [0.717, 1.165) is 6.08 Å². The Labute approximate surface area is 123 Å². The van der Waals surface area contributed by atoms with Gasteiger partial charge in [-0.1, -0.05) is 12.1 Å². The van der Waals surface area contributed by atoms with Crippen LogP contribution in [0.4, 0.5) is 0 Å². The maximum atomic E-state index is 12.6. The summed E-state index contributed by atoms with van der Waals surface area (Å²) in [5, 5.41) is 8.65. The zero-order chi connectivity index (χ0) is 15.4. The van der Waals surface area contributed by atoms with Crippen LogP contribution in [0.25, 0.3) is 6.08 Å². The standard InChI is InChI=1S/C16H19NO4/c1-11-10-21-12(2)9-17(11)16(20)14-5-3-4-13(8-14)6-7-15(18)19/h3-8,11-12H,9-10H2,1-2H3,(H,18,19). The number of carbonyl (C=O) groups excluding carboxylic acids is 1. The number of hydrogen-bond acceptors (Lipinski definition) is 3. The Morgan fingerprint density at radius 1 is 1.38 bits per heavy atom. The van der Waals surface area contributed by atoms with Crippen LogP contribution in [-0.2, 0) is 9.53 Å². The first kappa shape index (κ1) is 15.3. The van der Waals surface area contributed by atoms with E-state index in [1.807, 2.05) is 13.8 Å². The van der Waals surface area contributed by atoms with E-state index in [0.29, 0.717) is 24.3 Å². The fraction of sp³-hybridized carbons (Fsp3) is 0.375. The molecule has 1 fully saturated rings. The summed E-state index contributed by atoms with van der Waals surface area (Å²) < 4.78 is 5.52. The van der Waals surface area contributed by atoms with Crippen LogP contribution in [0, 0.1) is 0 Å². The van der Waals surface area contributed by atoms with Gasteiger partial charge in [-0.05, 0) is 37.6 Å². The van der Waals surface area contributed by atoms with Gasteiger partial charge in [-0.15, -0.1) is 0 Å². The molecule has 0 radical (unpaired) electrons. The maximum Gasteiger partial charge on any atom is 0.328 e. The molecule has 0 saturated carbocycles. The highest BCUT2D eigenvalue weighted by atomic mass is 16.5. The van der Waals surface area contributed by atoms with Crippen molar-refractivity contribution in [2.75, 3.05) is 13.2 Å². The van der Waals surface area contributed by atoms with Gasteiger partial charge in [0.25, 0.3) is 5.91 Å². The van der Waals surface area contributed by atoms with Gasteiger partial charge < -0.3 is 14.7 Å². The van der Waals surface area contributed by atoms with E-state index in [2.05, 4.69) is 0 Å². The van der Waals surface area contributed by atoms with Gasteiger partial charge in [0, 0.05) is 18.2 Å². The van der Waals surface area contributed by atoms with E-state index < -0.39 is 5.97 Å². The molecule has 0 aromatic heterocycles. The molecule has 1 aliphatic heterocycles. The molecule has 1 amide bonds. The molecule has 5 heteroatoms. The van der Waals surface area contributed by atoms with Gasteiger partial charge in [0.2, 0.25) is 0 Å². The second-order valence-corrected chi connectivity index (χ2v) is 5.25. The van der Waals surface area contributed by atoms with Gasteiger partial charge in [0.15, 0.2) is 0 Å². The zero-order valence-corrected chi connectivity index (χ0v) is 12.2. The normalized spacial score (nSPS) is 22.5. The SMILES string of the molecule is CC1CN(C(=O)c2cccc(C=CC(=O)O)c2)C(C)CO1. The Morgan fingerprint density at radius 3 is 2.86 bits per heavy atom. The Balaban J connectivity index is 2.19. The summed E-state index contributed by atoms with van der Waals surface area (Å²) in [6.07, 6.45) is 2.56. The number of carbonyl (C=O) groups is 2. The number of hydrogen-bond donors (Lipinski definition) is 1. The predicted molar refractivity (Wildman–Crippen MR) is 79.0 cm³/mol. The van der Waals surface area contributed by atoms with Gasteiger partial charge in [-0.25, -0.2) is 4.79 Å². The fourth-order valence-electron chi connectivity index (χ4n) is 2.29. The quantitative estimate of drug-likeness (QED) is 0.865. The summed E-state index contributed by atoms with van der Waals surface area (Å²) in [7, 11) is 0. The summed E-state index contributed by atoms with van der Waals surface area (Å²) in [5.74, 6) is -1.06. The van der Waals surface area contributed by atoms with Crippen molar-refractivity contribution in [3.63, 3.8) is 0 Å². The third kappa shape index (κ3) is 3.92. The minimum absolute atomic E-state index is 0.0280. The number of aliphatic carboxylic acids is 1. The molecular formula is C16H19NO4. The molecule has 21 heavy (non-hydrogen) atoms. The first-order valence-electron chi connectivity index (χ1n) is 6.91. The van der Waals surface area contributed by atoms with E-state index in [9.17, 15) is 9.59 Å². The molecule has 2 atom stereocenters. The summed E-state index contributed by atoms with van der Waals surface area (Å²) in [6, 6.07) is 7.00. The highest BCUT2D eigenvalue weighted by Crippen LogP contribution is 2.16. The predicted octanol–water partition coefficient (Wildman–Crippen LogP) is 2.03. The number of carboxylic acid groups (broad SMARTS) is 1. The third-order valence-corrected chi connectivity index (χ3v) is 3.42. The minimum atomic E-state index is -1.01. The summed E-state index contributed by atoms with van der Waals surface area (Å²) in [6.45, 7) is 5.00. The second-order valence-electron chi connectivity index (χ2n) is 5.25. The molecule has 1 aromatic rings. The monoisotopic (exact) mass is 289 g/mol. The van der Waals surface area contributed by atoms with Crippen molar-refractivity contribution in [1.82, 2.24) is 4.90 Å². The minimum Gasteiger partial charge on any atom is -0.478 e. The Bertz CT molecular complexity index is 567. The number of rotatable bonds is 3. The smallest absolute Gasteiger partial charge is 0.328 e. The molecule has 2 rings (SSSR count). The number of carboxylic acids is 1. The van der Waals surface area contributed by atoms with Crippen molar-refractivity contribution < 1.29 is 19.4 Å². The Morgan fingerprint density at radius 2 is 2.14 bits per heavy atom. The van der Waals surface area contributed by atoms with Crippen molar-refractivity contribution in [2.45, 2.75) is 26.0 Å². The zero-order valence-electron chi connectivity index (χ0n) is 12.2. The van der Waals surface area contributed by atoms with Crippen LogP contribution in [0.5, 0.6) is 0 Å². The highest BCUT2D eigenvalue weighted by molar-refractivity contribution is 5.95. The number of benzene rings is 1. The average Bonchev–Trinajstić information content (AvgIpc) is 2.47. The van der Waals surface area contributed by atoms with Gasteiger partial charge in [0.05, 0.1) is 18.8 Å². The summed E-state index contributed by atoms with van der Waals surface area (Å²) >= 11 is 0. The van der Waals surface area contributed by atoms with Crippen molar-refractivity contribution in [3.8, 4) is 0 Å². The van der Waals surface area contributed by atoms with Crippen LogP contribution in [0.1, 0.15) is 29.8 Å². The van der Waals surface area contributed by atoms with Crippen molar-refractivity contribution >= 4 is 18.0 Å². The lowest BCUT2D eigenvalue weighted by molar-refractivity contribution is -0.131. The van der Waals surface area contributed by atoms with Crippen molar-refractivity contribution in [2.24, 2.45) is 0 Å². The molecule has 1 heterocycles. The Kier molecular flexibility index (Phi) is 4.75. The summed E-state index contributed by atoms with van der Waals surface area (Å²) in [5.41, 5.74) is 1.25. The van der Waals surface area contributed by atoms with Crippen LogP contribution in [0.3, 0.4) is 0 Å². The van der Waals surface area contributed by atoms with Crippen LogP contribution < -0.4 is 0 Å². The van der Waals surface area contributed by atoms with Crippen LogP contribution in [-0.4, -0.2) is 47.2 Å². The van der Waals surface area contributed by atoms with Gasteiger partial charge in [-0.3, -0.25) is 4.79 Å². The molecule has 1 saturated heterocycles.